The Labute approximate surface area is 149 Å². The summed E-state index contributed by atoms with van der Waals surface area (Å²) in [7, 11) is 0. The number of oxazole rings is 1. The maximum atomic E-state index is 5.96. The molecule has 0 amide bonds. The van der Waals surface area contributed by atoms with Crippen LogP contribution in [0.4, 0.5) is 23.5 Å². The van der Waals surface area contributed by atoms with Gasteiger partial charge in [-0.1, -0.05) is 12.1 Å². The topological polar surface area (TPSA) is 116 Å². The molecule has 0 atom stereocenters. The molecule has 3 aromatic heterocycles. The average molecular weight is 348 g/mol. The highest BCUT2D eigenvalue weighted by Crippen LogP contribution is 2.17. The van der Waals surface area contributed by atoms with E-state index in [2.05, 4.69) is 36.6 Å². The van der Waals surface area contributed by atoms with Gasteiger partial charge in [0.2, 0.25) is 5.82 Å². The summed E-state index contributed by atoms with van der Waals surface area (Å²) in [5, 5.41) is 7.38. The zero-order valence-corrected chi connectivity index (χ0v) is 14.2. The minimum Gasteiger partial charge on any atom is -0.420 e. The molecule has 8 nitrogen and oxygen atoms in total. The van der Waals surface area contributed by atoms with Crippen molar-refractivity contribution >= 4 is 34.4 Å². The lowest BCUT2D eigenvalue weighted by Crippen LogP contribution is -2.20. The summed E-state index contributed by atoms with van der Waals surface area (Å²) in [5.41, 5.74) is 8.83. The first-order valence-corrected chi connectivity index (χ1v) is 8.12. The van der Waals surface area contributed by atoms with Crippen molar-refractivity contribution in [1.82, 2.24) is 15.0 Å². The van der Waals surface area contributed by atoms with Crippen LogP contribution in [0.3, 0.4) is 0 Å². The number of pyridine rings is 1. The van der Waals surface area contributed by atoms with Crippen LogP contribution in [-0.4, -0.2) is 15.0 Å². The lowest BCUT2D eigenvalue weighted by molar-refractivity contribution is -0.343. The predicted octanol–water partition coefficient (Wildman–Crippen LogP) is 2.68. The quantitative estimate of drug-likeness (QED) is 0.508. The SMILES string of the molecule is Cc1coc(Nc2cnc(N)c(NCc3ccc4ncccc4c3)[nH+]2)n1. The monoisotopic (exact) mass is 348 g/mol. The molecular formula is C18H18N7O+. The molecule has 0 saturated carbocycles. The number of nitrogens with two attached hydrogens (primary N) is 1. The van der Waals surface area contributed by atoms with E-state index in [0.29, 0.717) is 30.0 Å². The number of anilines is 4. The summed E-state index contributed by atoms with van der Waals surface area (Å²) in [5.74, 6) is 1.61. The third-order valence-corrected chi connectivity index (χ3v) is 3.85. The molecule has 26 heavy (non-hydrogen) atoms. The minimum atomic E-state index is 0.376. The third kappa shape index (κ3) is 3.39. The summed E-state index contributed by atoms with van der Waals surface area (Å²) in [6.07, 6.45) is 4.94. The highest BCUT2D eigenvalue weighted by molar-refractivity contribution is 5.79. The lowest BCUT2D eigenvalue weighted by atomic mass is 10.1. The van der Waals surface area contributed by atoms with Crippen LogP contribution in [0.2, 0.25) is 0 Å². The van der Waals surface area contributed by atoms with Gasteiger partial charge in [-0.05, 0) is 30.7 Å². The van der Waals surface area contributed by atoms with Gasteiger partial charge in [-0.2, -0.15) is 4.98 Å². The molecule has 0 aliphatic carbocycles. The Kier molecular flexibility index (Phi) is 4.06. The Morgan fingerprint density at radius 2 is 2.15 bits per heavy atom. The van der Waals surface area contributed by atoms with E-state index in [9.17, 15) is 0 Å². The third-order valence-electron chi connectivity index (χ3n) is 3.85. The van der Waals surface area contributed by atoms with Crippen LogP contribution >= 0.6 is 0 Å². The van der Waals surface area contributed by atoms with Gasteiger partial charge < -0.3 is 10.2 Å². The molecule has 5 N–H and O–H groups in total. The summed E-state index contributed by atoms with van der Waals surface area (Å²) in [6.45, 7) is 2.44. The fourth-order valence-corrected chi connectivity index (χ4v) is 2.58. The number of hydrogen-bond acceptors (Lipinski definition) is 7. The standard InChI is InChI=1S/C18H17N7O/c1-11-10-26-18(23-11)25-15-9-21-16(19)17(24-15)22-8-12-4-5-14-13(7-12)3-2-6-20-14/h2-7,9-10H,8H2,1H3,(H2,19,21)(H2,22,23,24,25)/p+1. The van der Waals surface area contributed by atoms with Crippen molar-refractivity contribution in [3.8, 4) is 0 Å². The second-order valence-corrected chi connectivity index (χ2v) is 5.86. The zero-order chi connectivity index (χ0) is 17.9. The molecule has 4 rings (SSSR count). The number of hydrogen-bond donors (Lipinski definition) is 3. The Hall–Kier alpha value is -3.68. The average Bonchev–Trinajstić information content (AvgIpc) is 3.06. The van der Waals surface area contributed by atoms with Crippen molar-refractivity contribution in [2.45, 2.75) is 13.5 Å². The van der Waals surface area contributed by atoms with Crippen LogP contribution in [0.1, 0.15) is 11.3 Å². The van der Waals surface area contributed by atoms with E-state index in [-0.39, 0.29) is 0 Å². The van der Waals surface area contributed by atoms with E-state index >= 15 is 0 Å². The maximum absolute atomic E-state index is 5.96. The van der Waals surface area contributed by atoms with E-state index in [1.165, 1.54) is 0 Å². The molecule has 0 spiro atoms. The van der Waals surface area contributed by atoms with Crippen LogP contribution in [0.25, 0.3) is 10.9 Å². The second-order valence-electron chi connectivity index (χ2n) is 5.86. The summed E-state index contributed by atoms with van der Waals surface area (Å²) in [4.78, 5) is 15.9. The number of fused-ring (bicyclic) bond motifs is 1. The van der Waals surface area contributed by atoms with Gasteiger partial charge in [0.1, 0.15) is 12.5 Å². The number of H-pyrrole nitrogens is 1. The van der Waals surface area contributed by atoms with Gasteiger partial charge in [0.25, 0.3) is 5.82 Å². The summed E-state index contributed by atoms with van der Waals surface area (Å²) in [6, 6.07) is 10.5. The van der Waals surface area contributed by atoms with Gasteiger partial charge in [0.05, 0.1) is 17.8 Å². The zero-order valence-electron chi connectivity index (χ0n) is 14.2. The van der Waals surface area contributed by atoms with Crippen molar-refractivity contribution < 1.29 is 9.40 Å². The molecule has 130 valence electrons. The number of aromatic nitrogens is 4. The molecular weight excluding hydrogens is 330 g/mol. The Balaban J connectivity index is 1.50. The molecule has 3 heterocycles. The molecule has 8 heteroatoms. The number of nitrogens with one attached hydrogen (secondary N) is 3. The molecule has 0 bridgehead atoms. The van der Waals surface area contributed by atoms with Crippen LogP contribution < -0.4 is 21.4 Å². The summed E-state index contributed by atoms with van der Waals surface area (Å²) >= 11 is 0. The first-order valence-electron chi connectivity index (χ1n) is 8.12. The molecule has 1 aromatic carbocycles. The predicted molar refractivity (Wildman–Crippen MR) is 98.8 cm³/mol. The molecule has 0 saturated heterocycles. The van der Waals surface area contributed by atoms with Crippen molar-refractivity contribution in [1.29, 1.82) is 0 Å². The van der Waals surface area contributed by atoms with Gasteiger partial charge >= 0.3 is 6.01 Å². The van der Waals surface area contributed by atoms with Crippen LogP contribution in [0.5, 0.6) is 0 Å². The number of rotatable bonds is 5. The van der Waals surface area contributed by atoms with Gasteiger partial charge in [-0.3, -0.25) is 10.3 Å². The van der Waals surface area contributed by atoms with Gasteiger partial charge in [-0.15, -0.1) is 0 Å². The molecule has 0 fully saturated rings. The van der Waals surface area contributed by atoms with Crippen molar-refractivity contribution in [2.24, 2.45) is 0 Å². The molecule has 4 aromatic rings. The van der Waals surface area contributed by atoms with Crippen LogP contribution in [0.15, 0.2) is 53.4 Å². The Morgan fingerprint density at radius 3 is 3.00 bits per heavy atom. The maximum Gasteiger partial charge on any atom is 0.362 e. The number of benzene rings is 1. The second kappa shape index (κ2) is 6.67. The van der Waals surface area contributed by atoms with E-state index in [1.807, 2.05) is 31.2 Å². The Bertz CT molecular complexity index is 1060. The molecule has 0 unspecified atom stereocenters. The van der Waals surface area contributed by atoms with E-state index in [4.69, 9.17) is 10.2 Å². The highest BCUT2D eigenvalue weighted by Gasteiger charge is 2.12. The van der Waals surface area contributed by atoms with Crippen LogP contribution in [-0.2, 0) is 6.54 Å². The molecule has 0 radical (unpaired) electrons. The first-order chi connectivity index (χ1) is 12.7. The van der Waals surface area contributed by atoms with Crippen molar-refractivity contribution in [2.75, 3.05) is 16.4 Å². The normalized spacial score (nSPS) is 10.8. The van der Waals surface area contributed by atoms with Gasteiger partial charge in [0.15, 0.2) is 5.82 Å². The fourth-order valence-electron chi connectivity index (χ4n) is 2.58. The van der Waals surface area contributed by atoms with E-state index in [0.717, 1.165) is 22.2 Å². The van der Waals surface area contributed by atoms with E-state index in [1.54, 1.807) is 18.7 Å². The number of aryl methyl sites for hydroxylation is 1. The van der Waals surface area contributed by atoms with Crippen molar-refractivity contribution in [3.63, 3.8) is 0 Å². The largest absolute Gasteiger partial charge is 0.420 e. The number of aromatic amines is 1. The van der Waals surface area contributed by atoms with E-state index < -0.39 is 0 Å². The number of nitrogen functional groups attached to an aromatic ring is 1. The highest BCUT2D eigenvalue weighted by atomic mass is 16.4. The summed E-state index contributed by atoms with van der Waals surface area (Å²) < 4.78 is 5.28. The smallest absolute Gasteiger partial charge is 0.362 e. The number of nitrogens with zero attached hydrogens (tertiary/aromatic N) is 3. The first kappa shape index (κ1) is 15.8. The van der Waals surface area contributed by atoms with Gasteiger partial charge in [0, 0.05) is 11.6 Å². The van der Waals surface area contributed by atoms with Gasteiger partial charge in [-0.25, -0.2) is 15.3 Å². The molecule has 0 aliphatic heterocycles. The Morgan fingerprint density at radius 1 is 1.23 bits per heavy atom. The molecule has 0 aliphatic rings. The minimum absolute atomic E-state index is 0.376. The van der Waals surface area contributed by atoms with Crippen molar-refractivity contribution in [3.05, 3.63) is 60.2 Å². The fraction of sp³-hybridized carbons (Fsp3) is 0.111. The van der Waals surface area contributed by atoms with Crippen LogP contribution in [0, 0.1) is 6.92 Å². The lowest BCUT2D eigenvalue weighted by Gasteiger charge is -2.06.